The van der Waals surface area contributed by atoms with Crippen LogP contribution in [0.15, 0.2) is 24.3 Å². The molecular formula is C12H19NO2. The number of carbonyl (C=O) groups is 1. The number of methoxy groups -OCH3 is 1. The zero-order valence-corrected chi connectivity index (χ0v) is 9.69. The Kier molecular flexibility index (Phi) is 4.09. The summed E-state index contributed by atoms with van der Waals surface area (Å²) in [6.45, 7) is 9.40. The lowest BCUT2D eigenvalue weighted by atomic mass is 10.0. The van der Waals surface area contributed by atoms with Gasteiger partial charge in [-0.2, -0.15) is 0 Å². The lowest BCUT2D eigenvalue weighted by molar-refractivity contribution is -0.148. The molecule has 0 saturated carbocycles. The van der Waals surface area contributed by atoms with Crippen LogP contribution < -0.4 is 0 Å². The van der Waals surface area contributed by atoms with E-state index >= 15 is 0 Å². The molecule has 0 saturated heterocycles. The van der Waals surface area contributed by atoms with Crippen molar-refractivity contribution in [3.8, 4) is 0 Å². The monoisotopic (exact) mass is 209 g/mol. The fraction of sp³-hybridized carbons (Fsp3) is 0.583. The highest BCUT2D eigenvalue weighted by molar-refractivity contribution is 5.76. The molecule has 1 aliphatic rings. The van der Waals surface area contributed by atoms with E-state index in [1.165, 1.54) is 12.7 Å². The Hall–Kier alpha value is -1.09. The number of rotatable bonds is 4. The highest BCUT2D eigenvalue weighted by Gasteiger charge is 2.31. The molecule has 1 rings (SSSR count). The van der Waals surface area contributed by atoms with Crippen molar-refractivity contribution in [2.45, 2.75) is 19.9 Å². The molecule has 0 aromatic rings. The van der Waals surface area contributed by atoms with E-state index in [0.717, 1.165) is 13.1 Å². The highest BCUT2D eigenvalue weighted by atomic mass is 16.5. The van der Waals surface area contributed by atoms with Crippen LogP contribution in [0.2, 0.25) is 0 Å². The first-order valence-corrected chi connectivity index (χ1v) is 5.23. The van der Waals surface area contributed by atoms with Gasteiger partial charge in [0.1, 0.15) is 6.04 Å². The first-order chi connectivity index (χ1) is 7.10. The molecule has 1 atom stereocenters. The van der Waals surface area contributed by atoms with Crippen LogP contribution in [-0.4, -0.2) is 37.1 Å². The van der Waals surface area contributed by atoms with Gasteiger partial charge in [0.2, 0.25) is 0 Å². The van der Waals surface area contributed by atoms with Crippen molar-refractivity contribution < 1.29 is 9.53 Å². The molecule has 0 unspecified atom stereocenters. The van der Waals surface area contributed by atoms with E-state index in [-0.39, 0.29) is 17.9 Å². The number of hydrogen-bond acceptors (Lipinski definition) is 3. The maximum absolute atomic E-state index is 11.6. The first kappa shape index (κ1) is 12.0. The number of nitrogens with zero attached hydrogens (tertiary/aromatic N) is 1. The van der Waals surface area contributed by atoms with Gasteiger partial charge in [0.25, 0.3) is 0 Å². The Morgan fingerprint density at radius 1 is 1.67 bits per heavy atom. The summed E-state index contributed by atoms with van der Waals surface area (Å²) >= 11 is 0. The van der Waals surface area contributed by atoms with Gasteiger partial charge >= 0.3 is 5.97 Å². The average Bonchev–Trinajstić information content (AvgIpc) is 2.65. The molecule has 3 heteroatoms. The van der Waals surface area contributed by atoms with Crippen LogP contribution in [0.1, 0.15) is 13.8 Å². The van der Waals surface area contributed by atoms with E-state index in [0.29, 0.717) is 0 Å². The van der Waals surface area contributed by atoms with E-state index < -0.39 is 0 Å². The normalized spacial score (nSPS) is 18.8. The van der Waals surface area contributed by atoms with E-state index in [2.05, 4.69) is 17.6 Å². The summed E-state index contributed by atoms with van der Waals surface area (Å²) in [5.74, 6) is 0.110. The molecule has 0 aromatic heterocycles. The Morgan fingerprint density at radius 3 is 2.73 bits per heavy atom. The summed E-state index contributed by atoms with van der Waals surface area (Å²) in [4.78, 5) is 13.7. The third kappa shape index (κ3) is 2.69. The predicted octanol–water partition coefficient (Wildman–Crippen LogP) is 1.61. The molecule has 84 valence electrons. The van der Waals surface area contributed by atoms with Gasteiger partial charge in [-0.25, -0.2) is 0 Å². The average molecular weight is 209 g/mol. The van der Waals surface area contributed by atoms with Crippen molar-refractivity contribution in [2.24, 2.45) is 5.92 Å². The quantitative estimate of drug-likeness (QED) is 0.659. The van der Waals surface area contributed by atoms with Crippen molar-refractivity contribution in [3.63, 3.8) is 0 Å². The van der Waals surface area contributed by atoms with Crippen LogP contribution in [0.5, 0.6) is 0 Å². The third-order valence-corrected chi connectivity index (χ3v) is 2.70. The van der Waals surface area contributed by atoms with E-state index in [9.17, 15) is 4.79 Å². The Bertz CT molecular complexity index is 281. The predicted molar refractivity (Wildman–Crippen MR) is 60.5 cm³/mol. The SMILES string of the molecule is C=CC1=CCN([C@H](C(=O)OC)C(C)C)C1. The summed E-state index contributed by atoms with van der Waals surface area (Å²) in [6, 6.07) is -0.149. The Balaban J connectivity index is 2.68. The summed E-state index contributed by atoms with van der Waals surface area (Å²) in [5.41, 5.74) is 1.18. The molecule has 0 aromatic carbocycles. The molecule has 1 heterocycles. The topological polar surface area (TPSA) is 29.5 Å². The summed E-state index contributed by atoms with van der Waals surface area (Å²) in [6.07, 6.45) is 3.94. The number of esters is 1. The van der Waals surface area contributed by atoms with Gasteiger partial charge in [0.05, 0.1) is 7.11 Å². The molecule has 0 amide bonds. The lowest BCUT2D eigenvalue weighted by Gasteiger charge is -2.28. The molecule has 0 fully saturated rings. The van der Waals surface area contributed by atoms with Crippen molar-refractivity contribution in [1.82, 2.24) is 4.90 Å². The fourth-order valence-corrected chi connectivity index (χ4v) is 1.92. The molecule has 1 aliphatic heterocycles. The van der Waals surface area contributed by atoms with Gasteiger partial charge in [0, 0.05) is 13.1 Å². The van der Waals surface area contributed by atoms with Gasteiger partial charge in [0.15, 0.2) is 0 Å². The Labute approximate surface area is 91.4 Å². The van der Waals surface area contributed by atoms with Crippen LogP contribution >= 0.6 is 0 Å². The van der Waals surface area contributed by atoms with Gasteiger partial charge in [-0.1, -0.05) is 32.6 Å². The second kappa shape index (κ2) is 5.12. The summed E-state index contributed by atoms with van der Waals surface area (Å²) in [5, 5.41) is 0. The van der Waals surface area contributed by atoms with Gasteiger partial charge in [-0.15, -0.1) is 0 Å². The molecular weight excluding hydrogens is 190 g/mol. The molecule has 0 aliphatic carbocycles. The summed E-state index contributed by atoms with van der Waals surface area (Å²) < 4.78 is 4.83. The zero-order valence-electron chi connectivity index (χ0n) is 9.69. The minimum Gasteiger partial charge on any atom is -0.468 e. The van der Waals surface area contributed by atoms with E-state index in [1.54, 1.807) is 0 Å². The number of ether oxygens (including phenoxy) is 1. The fourth-order valence-electron chi connectivity index (χ4n) is 1.92. The minimum atomic E-state index is -0.149. The number of hydrogen-bond donors (Lipinski definition) is 0. The standard InChI is InChI=1S/C12H19NO2/c1-5-10-6-7-13(8-10)11(9(2)3)12(14)15-4/h5-6,9,11H,1,7-8H2,2-4H3/t11-/m0/s1. The molecule has 0 radical (unpaired) electrons. The van der Waals surface area contributed by atoms with Crippen molar-refractivity contribution in [1.29, 1.82) is 0 Å². The van der Waals surface area contributed by atoms with Gasteiger partial charge in [-0.3, -0.25) is 9.69 Å². The van der Waals surface area contributed by atoms with Crippen LogP contribution in [0.4, 0.5) is 0 Å². The molecule has 0 spiro atoms. The first-order valence-electron chi connectivity index (χ1n) is 5.23. The van der Waals surface area contributed by atoms with Crippen LogP contribution in [-0.2, 0) is 9.53 Å². The third-order valence-electron chi connectivity index (χ3n) is 2.70. The molecule has 15 heavy (non-hydrogen) atoms. The molecule has 0 N–H and O–H groups in total. The second-order valence-corrected chi connectivity index (χ2v) is 4.12. The van der Waals surface area contributed by atoms with E-state index in [1.807, 2.05) is 19.9 Å². The molecule has 3 nitrogen and oxygen atoms in total. The van der Waals surface area contributed by atoms with Crippen molar-refractivity contribution >= 4 is 5.97 Å². The Morgan fingerprint density at radius 2 is 2.33 bits per heavy atom. The second-order valence-electron chi connectivity index (χ2n) is 4.12. The number of carbonyl (C=O) groups excluding carboxylic acids is 1. The smallest absolute Gasteiger partial charge is 0.323 e. The zero-order chi connectivity index (χ0) is 11.4. The van der Waals surface area contributed by atoms with Gasteiger partial charge in [-0.05, 0) is 11.5 Å². The van der Waals surface area contributed by atoms with Crippen molar-refractivity contribution in [3.05, 3.63) is 24.3 Å². The largest absolute Gasteiger partial charge is 0.468 e. The highest BCUT2D eigenvalue weighted by Crippen LogP contribution is 2.19. The van der Waals surface area contributed by atoms with Crippen LogP contribution in [0.25, 0.3) is 0 Å². The molecule has 0 bridgehead atoms. The van der Waals surface area contributed by atoms with Crippen LogP contribution in [0, 0.1) is 5.92 Å². The maximum Gasteiger partial charge on any atom is 0.323 e. The maximum atomic E-state index is 11.6. The van der Waals surface area contributed by atoms with Crippen molar-refractivity contribution in [2.75, 3.05) is 20.2 Å². The minimum absolute atomic E-state index is 0.149. The summed E-state index contributed by atoms with van der Waals surface area (Å²) in [7, 11) is 1.44. The van der Waals surface area contributed by atoms with Gasteiger partial charge < -0.3 is 4.74 Å². The lowest BCUT2D eigenvalue weighted by Crippen LogP contribution is -2.44. The van der Waals surface area contributed by atoms with Crippen LogP contribution in [0.3, 0.4) is 0 Å². The van der Waals surface area contributed by atoms with E-state index in [4.69, 9.17) is 4.74 Å².